The van der Waals surface area contributed by atoms with E-state index in [0.717, 1.165) is 17.0 Å². The fourth-order valence-electron chi connectivity index (χ4n) is 2.20. The van der Waals surface area contributed by atoms with Crippen LogP contribution in [0.5, 0.6) is 0 Å². The molecule has 3 heterocycles. The molecule has 0 radical (unpaired) electrons. The number of hydrogen-bond acceptors (Lipinski definition) is 4. The van der Waals surface area contributed by atoms with Gasteiger partial charge in [0, 0.05) is 17.7 Å². The van der Waals surface area contributed by atoms with Gasteiger partial charge in [0.05, 0.1) is 16.6 Å². The van der Waals surface area contributed by atoms with Crippen LogP contribution in [0.1, 0.15) is 35.6 Å². The van der Waals surface area contributed by atoms with E-state index in [1.54, 1.807) is 27.7 Å². The summed E-state index contributed by atoms with van der Waals surface area (Å²) < 4.78 is 0. The molecule has 98 valence electrons. The van der Waals surface area contributed by atoms with E-state index >= 15 is 0 Å². The summed E-state index contributed by atoms with van der Waals surface area (Å²) in [6.45, 7) is 1.88. The van der Waals surface area contributed by atoms with Crippen molar-refractivity contribution in [1.82, 2.24) is 5.01 Å². The van der Waals surface area contributed by atoms with E-state index in [9.17, 15) is 4.79 Å². The maximum Gasteiger partial charge on any atom is 0.243 e. The summed E-state index contributed by atoms with van der Waals surface area (Å²) in [6.07, 6.45) is 1.30. The van der Waals surface area contributed by atoms with Gasteiger partial charge in [-0.2, -0.15) is 5.10 Å². The molecule has 1 aliphatic rings. The van der Waals surface area contributed by atoms with Crippen molar-refractivity contribution in [2.24, 2.45) is 5.10 Å². The van der Waals surface area contributed by atoms with Crippen molar-refractivity contribution in [3.63, 3.8) is 0 Å². The van der Waals surface area contributed by atoms with Crippen LogP contribution in [0.4, 0.5) is 0 Å². The van der Waals surface area contributed by atoms with Crippen molar-refractivity contribution in [1.29, 1.82) is 0 Å². The number of amides is 1. The molecule has 0 aromatic carbocycles. The molecule has 1 atom stereocenters. The molecule has 1 amide bonds. The molecule has 2 aromatic heterocycles. The third-order valence-corrected chi connectivity index (χ3v) is 5.04. The summed E-state index contributed by atoms with van der Waals surface area (Å²) in [5.74, 6) is 0.0879. The van der Waals surface area contributed by atoms with Gasteiger partial charge in [0.2, 0.25) is 5.91 Å². The molecule has 0 fully saturated rings. The fourth-order valence-corrected chi connectivity index (χ4v) is 3.73. The summed E-state index contributed by atoms with van der Waals surface area (Å²) in [5, 5.41) is 10.3. The van der Waals surface area contributed by atoms with E-state index in [1.807, 2.05) is 29.8 Å². The third kappa shape index (κ3) is 2.35. The van der Waals surface area contributed by atoms with Gasteiger partial charge in [-0.05, 0) is 22.9 Å². The van der Waals surface area contributed by atoms with Crippen LogP contribution in [-0.2, 0) is 4.79 Å². The SMILES string of the molecule is CCC(=O)N1N=C(c2cccs2)C[C@@H]1c1cccs1. The zero-order chi connectivity index (χ0) is 13.2. The molecule has 3 rings (SSSR count). The molecule has 1 aliphatic heterocycles. The standard InChI is InChI=1S/C14H14N2OS2/c1-2-14(17)16-11(13-6-4-8-19-13)9-10(15-16)12-5-3-7-18-12/h3-8,11H,2,9H2,1H3/t11-/m1/s1. The quantitative estimate of drug-likeness (QED) is 0.844. The predicted octanol–water partition coefficient (Wildman–Crippen LogP) is 3.90. The summed E-state index contributed by atoms with van der Waals surface area (Å²) in [6, 6.07) is 8.27. The zero-order valence-electron chi connectivity index (χ0n) is 10.6. The number of hydrazone groups is 1. The Kier molecular flexibility index (Phi) is 3.48. The molecular formula is C14H14N2OS2. The van der Waals surface area contributed by atoms with Crippen LogP contribution >= 0.6 is 22.7 Å². The normalized spacial score (nSPS) is 18.7. The van der Waals surface area contributed by atoms with Gasteiger partial charge in [0.15, 0.2) is 0 Å². The number of hydrogen-bond donors (Lipinski definition) is 0. The maximum absolute atomic E-state index is 12.1. The molecule has 0 bridgehead atoms. The molecule has 0 N–H and O–H groups in total. The van der Waals surface area contributed by atoms with Gasteiger partial charge in [0.25, 0.3) is 0 Å². The number of carbonyl (C=O) groups excluding carboxylic acids is 1. The van der Waals surface area contributed by atoms with Crippen molar-refractivity contribution in [3.8, 4) is 0 Å². The fraction of sp³-hybridized carbons (Fsp3) is 0.286. The van der Waals surface area contributed by atoms with Crippen LogP contribution in [-0.4, -0.2) is 16.6 Å². The number of nitrogens with zero attached hydrogens (tertiary/aromatic N) is 2. The highest BCUT2D eigenvalue weighted by molar-refractivity contribution is 7.12. The zero-order valence-corrected chi connectivity index (χ0v) is 12.2. The Bertz CT molecular complexity index is 587. The van der Waals surface area contributed by atoms with Gasteiger partial charge in [-0.15, -0.1) is 22.7 Å². The average molecular weight is 290 g/mol. The second-order valence-electron chi connectivity index (χ2n) is 4.35. The minimum atomic E-state index is 0.0737. The van der Waals surface area contributed by atoms with Crippen LogP contribution in [0.25, 0.3) is 0 Å². The van der Waals surface area contributed by atoms with Crippen molar-refractivity contribution in [3.05, 3.63) is 44.8 Å². The highest BCUT2D eigenvalue weighted by Gasteiger charge is 2.33. The average Bonchev–Trinajstić information content (AvgIpc) is 3.14. The highest BCUT2D eigenvalue weighted by atomic mass is 32.1. The van der Waals surface area contributed by atoms with Gasteiger partial charge in [0.1, 0.15) is 0 Å². The van der Waals surface area contributed by atoms with E-state index in [-0.39, 0.29) is 11.9 Å². The molecule has 5 heteroatoms. The Morgan fingerprint density at radius 3 is 2.79 bits per heavy atom. The lowest BCUT2D eigenvalue weighted by Gasteiger charge is -2.19. The second kappa shape index (κ2) is 5.27. The molecule has 2 aromatic rings. The predicted molar refractivity (Wildman–Crippen MR) is 79.7 cm³/mol. The molecule has 3 nitrogen and oxygen atoms in total. The van der Waals surface area contributed by atoms with Gasteiger partial charge >= 0.3 is 0 Å². The monoisotopic (exact) mass is 290 g/mol. The van der Waals surface area contributed by atoms with Crippen LogP contribution in [0.3, 0.4) is 0 Å². The molecular weight excluding hydrogens is 276 g/mol. The lowest BCUT2D eigenvalue weighted by Crippen LogP contribution is -2.25. The number of thiophene rings is 2. The van der Waals surface area contributed by atoms with E-state index < -0.39 is 0 Å². The van der Waals surface area contributed by atoms with Crippen LogP contribution in [0.2, 0.25) is 0 Å². The maximum atomic E-state index is 12.1. The summed E-state index contributed by atoms with van der Waals surface area (Å²) in [5.41, 5.74) is 1.02. The van der Waals surface area contributed by atoms with Gasteiger partial charge in [-0.25, -0.2) is 5.01 Å². The Morgan fingerprint density at radius 2 is 2.16 bits per heavy atom. The Hall–Kier alpha value is -1.46. The van der Waals surface area contributed by atoms with E-state index in [4.69, 9.17) is 0 Å². The number of rotatable bonds is 3. The topological polar surface area (TPSA) is 32.7 Å². The number of carbonyl (C=O) groups is 1. The first kappa shape index (κ1) is 12.6. The largest absolute Gasteiger partial charge is 0.273 e. The molecule has 0 saturated heterocycles. The van der Waals surface area contributed by atoms with Gasteiger partial charge in [-0.1, -0.05) is 19.1 Å². The van der Waals surface area contributed by atoms with E-state index in [0.29, 0.717) is 6.42 Å². The van der Waals surface area contributed by atoms with Gasteiger partial charge in [-0.3, -0.25) is 4.79 Å². The summed E-state index contributed by atoms with van der Waals surface area (Å²) in [7, 11) is 0. The lowest BCUT2D eigenvalue weighted by molar-refractivity contribution is -0.132. The van der Waals surface area contributed by atoms with Crippen LogP contribution < -0.4 is 0 Å². The van der Waals surface area contributed by atoms with E-state index in [1.165, 1.54) is 4.88 Å². The van der Waals surface area contributed by atoms with Crippen LogP contribution in [0, 0.1) is 0 Å². The van der Waals surface area contributed by atoms with Crippen molar-refractivity contribution in [2.75, 3.05) is 0 Å². The minimum Gasteiger partial charge on any atom is -0.273 e. The Morgan fingerprint density at radius 1 is 1.37 bits per heavy atom. The van der Waals surface area contributed by atoms with Crippen molar-refractivity contribution < 1.29 is 4.79 Å². The first-order valence-corrected chi connectivity index (χ1v) is 8.02. The highest BCUT2D eigenvalue weighted by Crippen LogP contribution is 2.36. The van der Waals surface area contributed by atoms with Gasteiger partial charge < -0.3 is 0 Å². The molecule has 0 unspecified atom stereocenters. The summed E-state index contributed by atoms with van der Waals surface area (Å²) >= 11 is 3.36. The first-order chi connectivity index (χ1) is 9.29. The summed E-state index contributed by atoms with van der Waals surface area (Å²) in [4.78, 5) is 14.4. The second-order valence-corrected chi connectivity index (χ2v) is 6.28. The van der Waals surface area contributed by atoms with Crippen molar-refractivity contribution >= 4 is 34.3 Å². The minimum absolute atomic E-state index is 0.0737. The van der Waals surface area contributed by atoms with Crippen molar-refractivity contribution in [2.45, 2.75) is 25.8 Å². The molecule has 0 spiro atoms. The smallest absolute Gasteiger partial charge is 0.243 e. The Labute approximate surface area is 120 Å². The van der Waals surface area contributed by atoms with Crippen LogP contribution in [0.15, 0.2) is 40.1 Å². The molecule has 0 saturated carbocycles. The Balaban J connectivity index is 1.93. The third-order valence-electron chi connectivity index (χ3n) is 3.15. The lowest BCUT2D eigenvalue weighted by atomic mass is 10.1. The molecule has 19 heavy (non-hydrogen) atoms. The van der Waals surface area contributed by atoms with E-state index in [2.05, 4.69) is 17.2 Å². The first-order valence-electron chi connectivity index (χ1n) is 6.26. The molecule has 0 aliphatic carbocycles.